The van der Waals surface area contributed by atoms with Crippen molar-refractivity contribution in [3.05, 3.63) is 70.3 Å². The van der Waals surface area contributed by atoms with Crippen molar-refractivity contribution in [2.45, 2.75) is 0 Å². The van der Waals surface area contributed by atoms with Crippen molar-refractivity contribution in [1.29, 1.82) is 0 Å². The van der Waals surface area contributed by atoms with Crippen LogP contribution in [0, 0.1) is 0 Å². The molecule has 0 aliphatic heterocycles. The van der Waals surface area contributed by atoms with E-state index >= 15 is 0 Å². The monoisotopic (exact) mass is 353 g/mol. The van der Waals surface area contributed by atoms with Gasteiger partial charge in [0.05, 0.1) is 23.9 Å². The van der Waals surface area contributed by atoms with Gasteiger partial charge in [0.25, 0.3) is 0 Å². The first-order chi connectivity index (χ1) is 12.2. The molecule has 6 nitrogen and oxygen atoms in total. The van der Waals surface area contributed by atoms with Gasteiger partial charge >= 0.3 is 5.76 Å². The van der Waals surface area contributed by atoms with E-state index in [9.17, 15) is 4.79 Å². The predicted molar refractivity (Wildman–Crippen MR) is 94.4 cm³/mol. The summed E-state index contributed by atoms with van der Waals surface area (Å²) in [6.07, 6.45) is 0. The molecule has 0 unspecified atom stereocenters. The molecule has 0 bridgehead atoms. The van der Waals surface area contributed by atoms with Crippen molar-refractivity contribution in [2.75, 3.05) is 7.11 Å². The lowest BCUT2D eigenvalue weighted by molar-refractivity contribution is 0.381. The highest BCUT2D eigenvalue weighted by Gasteiger charge is 2.20. The first-order valence-electron chi connectivity index (χ1n) is 7.47. The molecule has 0 aliphatic carbocycles. The molecule has 2 aromatic heterocycles. The maximum atomic E-state index is 12.3. The van der Waals surface area contributed by atoms with Gasteiger partial charge in [-0.1, -0.05) is 47.1 Å². The standard InChI is InChI=1S/C18H12ClN3O3/c1-24-15-9-5-4-8-14(15)22-17(21-25-18(22)23)12-10-11-6-2-3-7-13(11)20-16(12)19/h2-10H,1H3. The zero-order valence-corrected chi connectivity index (χ0v) is 13.9. The summed E-state index contributed by atoms with van der Waals surface area (Å²) in [6.45, 7) is 0. The summed E-state index contributed by atoms with van der Waals surface area (Å²) in [4.78, 5) is 16.6. The Kier molecular flexibility index (Phi) is 3.74. The zero-order valence-electron chi connectivity index (χ0n) is 13.1. The molecule has 0 fully saturated rings. The maximum Gasteiger partial charge on any atom is 0.446 e. The lowest BCUT2D eigenvalue weighted by Crippen LogP contribution is -2.14. The Hall–Kier alpha value is -3.12. The Bertz CT molecular complexity index is 1130. The Morgan fingerprint density at radius 1 is 1.12 bits per heavy atom. The van der Waals surface area contributed by atoms with Crippen molar-refractivity contribution in [3.8, 4) is 22.8 Å². The molecular weight excluding hydrogens is 342 g/mol. The molecule has 2 aromatic carbocycles. The van der Waals surface area contributed by atoms with Gasteiger partial charge in [-0.3, -0.25) is 4.52 Å². The van der Waals surface area contributed by atoms with E-state index in [1.807, 2.05) is 36.4 Å². The van der Waals surface area contributed by atoms with Gasteiger partial charge in [-0.15, -0.1) is 0 Å². The summed E-state index contributed by atoms with van der Waals surface area (Å²) in [7, 11) is 1.53. The molecule has 0 N–H and O–H groups in total. The molecule has 0 saturated heterocycles. The minimum Gasteiger partial charge on any atom is -0.495 e. The summed E-state index contributed by atoms with van der Waals surface area (Å²) in [5.74, 6) is 0.139. The van der Waals surface area contributed by atoms with Crippen molar-refractivity contribution >= 4 is 22.5 Å². The van der Waals surface area contributed by atoms with Crippen LogP contribution in [0.25, 0.3) is 28.0 Å². The van der Waals surface area contributed by atoms with Crippen molar-refractivity contribution < 1.29 is 9.26 Å². The third kappa shape index (κ3) is 2.56. The summed E-state index contributed by atoms with van der Waals surface area (Å²) in [6, 6.07) is 16.5. The normalized spacial score (nSPS) is 11.0. The fourth-order valence-electron chi connectivity index (χ4n) is 2.70. The van der Waals surface area contributed by atoms with Gasteiger partial charge < -0.3 is 4.74 Å². The van der Waals surface area contributed by atoms with Gasteiger partial charge in [0.15, 0.2) is 5.82 Å². The van der Waals surface area contributed by atoms with Gasteiger partial charge in [0, 0.05) is 5.39 Å². The van der Waals surface area contributed by atoms with E-state index in [0.29, 0.717) is 17.0 Å². The number of para-hydroxylation sites is 3. The summed E-state index contributed by atoms with van der Waals surface area (Å²) < 4.78 is 11.5. The Balaban J connectivity index is 2.00. The van der Waals surface area contributed by atoms with E-state index in [4.69, 9.17) is 20.9 Å². The van der Waals surface area contributed by atoms with E-state index in [-0.39, 0.29) is 11.0 Å². The highest BCUT2D eigenvalue weighted by atomic mass is 35.5. The predicted octanol–water partition coefficient (Wildman–Crippen LogP) is 3.70. The number of halogens is 1. The Labute approximate surface area is 147 Å². The molecule has 25 heavy (non-hydrogen) atoms. The van der Waals surface area contributed by atoms with Crippen LogP contribution in [0.2, 0.25) is 5.15 Å². The second-order valence-electron chi connectivity index (χ2n) is 5.30. The molecule has 2 heterocycles. The van der Waals surface area contributed by atoms with Crippen LogP contribution in [-0.2, 0) is 0 Å². The quantitative estimate of drug-likeness (QED) is 0.525. The van der Waals surface area contributed by atoms with Crippen LogP contribution >= 0.6 is 11.6 Å². The third-order valence-electron chi connectivity index (χ3n) is 3.85. The first-order valence-corrected chi connectivity index (χ1v) is 7.84. The van der Waals surface area contributed by atoms with Crippen LogP contribution in [0.1, 0.15) is 0 Å². The number of ether oxygens (including phenoxy) is 1. The Morgan fingerprint density at radius 3 is 2.72 bits per heavy atom. The molecule has 124 valence electrons. The summed E-state index contributed by atoms with van der Waals surface area (Å²) in [5, 5.41) is 5.01. The summed E-state index contributed by atoms with van der Waals surface area (Å²) >= 11 is 6.34. The number of pyridine rings is 1. The van der Waals surface area contributed by atoms with E-state index < -0.39 is 5.76 Å². The molecule has 0 atom stereocenters. The van der Waals surface area contributed by atoms with Crippen LogP contribution in [0.5, 0.6) is 5.75 Å². The van der Waals surface area contributed by atoms with Crippen LogP contribution < -0.4 is 10.5 Å². The first kappa shape index (κ1) is 15.4. The molecule has 0 spiro atoms. The van der Waals surface area contributed by atoms with Gasteiger partial charge in [-0.25, -0.2) is 14.3 Å². The van der Waals surface area contributed by atoms with Crippen LogP contribution in [0.3, 0.4) is 0 Å². The lowest BCUT2D eigenvalue weighted by Gasteiger charge is -2.10. The van der Waals surface area contributed by atoms with E-state index in [0.717, 1.165) is 10.9 Å². The smallest absolute Gasteiger partial charge is 0.446 e. The third-order valence-corrected chi connectivity index (χ3v) is 4.14. The van der Waals surface area contributed by atoms with Crippen molar-refractivity contribution in [2.24, 2.45) is 0 Å². The topological polar surface area (TPSA) is 70.2 Å². The number of benzene rings is 2. The number of nitrogens with zero attached hydrogens (tertiary/aromatic N) is 3. The van der Waals surface area contributed by atoms with Gasteiger partial charge in [-0.2, -0.15) is 0 Å². The molecule has 0 radical (unpaired) electrons. The SMILES string of the molecule is COc1ccccc1-n1c(-c2cc3ccccc3nc2Cl)noc1=O. The molecule has 0 saturated carbocycles. The minimum atomic E-state index is -0.635. The number of hydrogen-bond acceptors (Lipinski definition) is 5. The second-order valence-corrected chi connectivity index (χ2v) is 5.66. The van der Waals surface area contributed by atoms with Crippen LogP contribution in [-0.4, -0.2) is 21.8 Å². The second kappa shape index (κ2) is 6.07. The van der Waals surface area contributed by atoms with E-state index in [1.165, 1.54) is 11.7 Å². The van der Waals surface area contributed by atoms with Crippen LogP contribution in [0.4, 0.5) is 0 Å². The van der Waals surface area contributed by atoms with Gasteiger partial charge in [0.1, 0.15) is 10.9 Å². The number of methoxy groups -OCH3 is 1. The highest BCUT2D eigenvalue weighted by Crippen LogP contribution is 2.31. The number of fused-ring (bicyclic) bond motifs is 1. The Morgan fingerprint density at radius 2 is 1.88 bits per heavy atom. The fourth-order valence-corrected chi connectivity index (χ4v) is 2.93. The van der Waals surface area contributed by atoms with Crippen molar-refractivity contribution in [3.63, 3.8) is 0 Å². The largest absolute Gasteiger partial charge is 0.495 e. The molecule has 4 rings (SSSR count). The highest BCUT2D eigenvalue weighted by molar-refractivity contribution is 6.32. The minimum absolute atomic E-state index is 0.232. The zero-order chi connectivity index (χ0) is 17.4. The molecule has 0 amide bonds. The average molecular weight is 354 g/mol. The van der Waals surface area contributed by atoms with Crippen molar-refractivity contribution in [1.82, 2.24) is 14.7 Å². The van der Waals surface area contributed by atoms with Crippen LogP contribution in [0.15, 0.2) is 63.9 Å². The molecule has 4 aromatic rings. The average Bonchev–Trinajstić information content (AvgIpc) is 3.02. The molecular formula is C18H12ClN3O3. The van der Waals surface area contributed by atoms with E-state index in [2.05, 4.69) is 10.1 Å². The number of hydrogen-bond donors (Lipinski definition) is 0. The number of aromatic nitrogens is 3. The molecule has 0 aliphatic rings. The lowest BCUT2D eigenvalue weighted by atomic mass is 10.1. The molecule has 7 heteroatoms. The number of rotatable bonds is 3. The van der Waals surface area contributed by atoms with Gasteiger partial charge in [-0.05, 0) is 24.3 Å². The maximum absolute atomic E-state index is 12.3. The van der Waals surface area contributed by atoms with Gasteiger partial charge in [0.2, 0.25) is 0 Å². The summed E-state index contributed by atoms with van der Waals surface area (Å²) in [5.41, 5.74) is 1.76. The van der Waals surface area contributed by atoms with E-state index in [1.54, 1.807) is 18.2 Å². The fraction of sp³-hybridized carbons (Fsp3) is 0.0556.